The van der Waals surface area contributed by atoms with Gasteiger partial charge in [0.05, 0.1) is 13.2 Å². The van der Waals surface area contributed by atoms with Crippen LogP contribution in [0.5, 0.6) is 5.75 Å². The zero-order chi connectivity index (χ0) is 11.3. The Kier molecular flexibility index (Phi) is 5.08. The summed E-state index contributed by atoms with van der Waals surface area (Å²) in [6, 6.07) is 5.87. The summed E-state index contributed by atoms with van der Waals surface area (Å²) in [4.78, 5) is 0. The first kappa shape index (κ1) is 12.5. The summed E-state index contributed by atoms with van der Waals surface area (Å²) < 4.78 is 6.26. The molecule has 0 saturated carbocycles. The number of nitrogens with one attached hydrogen (secondary N) is 1. The van der Waals surface area contributed by atoms with E-state index in [0.717, 1.165) is 15.8 Å². The van der Waals surface area contributed by atoms with E-state index in [1.807, 2.05) is 18.2 Å². The highest BCUT2D eigenvalue weighted by molar-refractivity contribution is 9.10. The smallest absolute Gasteiger partial charge is 0.123 e. The van der Waals surface area contributed by atoms with Gasteiger partial charge >= 0.3 is 0 Å². The van der Waals surface area contributed by atoms with Gasteiger partial charge in [-0.2, -0.15) is 0 Å². The fourth-order valence-corrected chi connectivity index (χ4v) is 1.71. The Hall–Kier alpha value is -0.580. The second-order valence-electron chi connectivity index (χ2n) is 3.44. The van der Waals surface area contributed by atoms with Crippen LogP contribution in [0.4, 0.5) is 0 Å². The predicted octanol–water partition coefficient (Wildman–Crippen LogP) is 1.93. The van der Waals surface area contributed by atoms with Gasteiger partial charge in [-0.25, -0.2) is 0 Å². The number of benzene rings is 1. The summed E-state index contributed by atoms with van der Waals surface area (Å²) in [6.45, 7) is 3.02. The van der Waals surface area contributed by atoms with E-state index in [1.54, 1.807) is 14.0 Å². The van der Waals surface area contributed by atoms with Gasteiger partial charge in [0, 0.05) is 23.1 Å². The molecule has 0 amide bonds. The standard InChI is InChI=1S/C11H16BrNO2/c1-8(14)6-13-7-9-5-10(12)3-4-11(9)15-2/h3-5,8,13-14H,6-7H2,1-2H3/t8-/m1/s1. The number of ether oxygens (including phenoxy) is 1. The minimum atomic E-state index is -0.330. The molecule has 0 aliphatic carbocycles. The summed E-state index contributed by atoms with van der Waals surface area (Å²) in [6.07, 6.45) is -0.330. The third kappa shape index (κ3) is 4.20. The summed E-state index contributed by atoms with van der Waals surface area (Å²) in [7, 11) is 1.65. The van der Waals surface area contributed by atoms with Crippen LogP contribution >= 0.6 is 15.9 Å². The van der Waals surface area contributed by atoms with Crippen molar-refractivity contribution in [3.05, 3.63) is 28.2 Å². The lowest BCUT2D eigenvalue weighted by Gasteiger charge is -2.11. The van der Waals surface area contributed by atoms with Crippen LogP contribution in [-0.4, -0.2) is 24.9 Å². The number of hydrogen-bond acceptors (Lipinski definition) is 3. The first-order valence-corrected chi connectivity index (χ1v) is 5.64. The number of halogens is 1. The molecule has 4 heteroatoms. The minimum absolute atomic E-state index is 0.330. The van der Waals surface area contributed by atoms with Crippen LogP contribution in [0.3, 0.4) is 0 Å². The Morgan fingerprint density at radius 2 is 2.27 bits per heavy atom. The van der Waals surface area contributed by atoms with Crippen molar-refractivity contribution in [3.8, 4) is 5.75 Å². The molecule has 1 aromatic carbocycles. The Balaban J connectivity index is 2.62. The first-order chi connectivity index (χ1) is 7.13. The molecule has 84 valence electrons. The number of hydrogen-bond donors (Lipinski definition) is 2. The monoisotopic (exact) mass is 273 g/mol. The highest BCUT2D eigenvalue weighted by Crippen LogP contribution is 2.22. The average Bonchev–Trinajstić information content (AvgIpc) is 2.17. The molecule has 0 aromatic heterocycles. The number of rotatable bonds is 5. The zero-order valence-electron chi connectivity index (χ0n) is 8.96. The third-order valence-corrected chi connectivity index (χ3v) is 2.49. The lowest BCUT2D eigenvalue weighted by molar-refractivity contribution is 0.191. The lowest BCUT2D eigenvalue weighted by Crippen LogP contribution is -2.24. The molecule has 1 aromatic rings. The Morgan fingerprint density at radius 1 is 1.53 bits per heavy atom. The van der Waals surface area contributed by atoms with E-state index in [-0.39, 0.29) is 6.10 Å². The highest BCUT2D eigenvalue weighted by Gasteiger charge is 2.03. The first-order valence-electron chi connectivity index (χ1n) is 4.84. The molecule has 0 saturated heterocycles. The molecular weight excluding hydrogens is 258 g/mol. The maximum atomic E-state index is 9.11. The van der Waals surface area contributed by atoms with Crippen LogP contribution in [0.25, 0.3) is 0 Å². The fourth-order valence-electron chi connectivity index (χ4n) is 1.30. The van der Waals surface area contributed by atoms with Crippen LogP contribution in [0.1, 0.15) is 12.5 Å². The average molecular weight is 274 g/mol. The molecule has 3 nitrogen and oxygen atoms in total. The van der Waals surface area contributed by atoms with Gasteiger partial charge in [0.2, 0.25) is 0 Å². The number of aliphatic hydroxyl groups excluding tert-OH is 1. The van der Waals surface area contributed by atoms with Gasteiger partial charge in [0.1, 0.15) is 5.75 Å². The molecule has 0 heterocycles. The van der Waals surface area contributed by atoms with Crippen LogP contribution in [0, 0.1) is 0 Å². The summed E-state index contributed by atoms with van der Waals surface area (Å²) in [5.74, 6) is 0.858. The molecular formula is C11H16BrNO2. The van der Waals surface area contributed by atoms with Crippen molar-refractivity contribution in [2.75, 3.05) is 13.7 Å². The third-order valence-electron chi connectivity index (χ3n) is 2.00. The van der Waals surface area contributed by atoms with Crippen LogP contribution < -0.4 is 10.1 Å². The van der Waals surface area contributed by atoms with Gasteiger partial charge in [-0.05, 0) is 25.1 Å². The molecule has 0 fully saturated rings. The largest absolute Gasteiger partial charge is 0.496 e. The van der Waals surface area contributed by atoms with E-state index in [1.165, 1.54) is 0 Å². The summed E-state index contributed by atoms with van der Waals surface area (Å²) >= 11 is 3.41. The minimum Gasteiger partial charge on any atom is -0.496 e. The molecule has 0 aliphatic heterocycles. The van der Waals surface area contributed by atoms with Crippen LogP contribution in [0.15, 0.2) is 22.7 Å². The van der Waals surface area contributed by atoms with Gasteiger partial charge in [0.15, 0.2) is 0 Å². The molecule has 0 spiro atoms. The molecule has 1 rings (SSSR count). The highest BCUT2D eigenvalue weighted by atomic mass is 79.9. The Labute approximate surface area is 98.6 Å². The van der Waals surface area contributed by atoms with Crippen LogP contribution in [0.2, 0.25) is 0 Å². The van der Waals surface area contributed by atoms with Crippen molar-refractivity contribution in [2.45, 2.75) is 19.6 Å². The van der Waals surface area contributed by atoms with Crippen molar-refractivity contribution < 1.29 is 9.84 Å². The second-order valence-corrected chi connectivity index (χ2v) is 4.35. The quantitative estimate of drug-likeness (QED) is 0.862. The van der Waals surface area contributed by atoms with Gasteiger partial charge in [-0.15, -0.1) is 0 Å². The number of aliphatic hydroxyl groups is 1. The molecule has 15 heavy (non-hydrogen) atoms. The molecule has 0 aliphatic rings. The van der Waals surface area contributed by atoms with Gasteiger partial charge in [-0.1, -0.05) is 15.9 Å². The van der Waals surface area contributed by atoms with E-state index >= 15 is 0 Å². The van der Waals surface area contributed by atoms with Gasteiger partial charge in [-0.3, -0.25) is 0 Å². The van der Waals surface area contributed by atoms with Gasteiger partial charge in [0.25, 0.3) is 0 Å². The molecule has 1 atom stereocenters. The van der Waals surface area contributed by atoms with Crippen molar-refractivity contribution in [1.29, 1.82) is 0 Å². The Bertz CT molecular complexity index is 315. The lowest BCUT2D eigenvalue weighted by atomic mass is 10.2. The van der Waals surface area contributed by atoms with E-state index in [4.69, 9.17) is 9.84 Å². The van der Waals surface area contributed by atoms with Crippen LogP contribution in [-0.2, 0) is 6.54 Å². The van der Waals surface area contributed by atoms with E-state index in [0.29, 0.717) is 13.1 Å². The second kappa shape index (κ2) is 6.10. The van der Waals surface area contributed by atoms with Crippen molar-refractivity contribution in [1.82, 2.24) is 5.32 Å². The normalized spacial score (nSPS) is 12.5. The molecule has 0 radical (unpaired) electrons. The van der Waals surface area contributed by atoms with E-state index in [9.17, 15) is 0 Å². The van der Waals surface area contributed by atoms with Gasteiger partial charge < -0.3 is 15.2 Å². The molecule has 2 N–H and O–H groups in total. The zero-order valence-corrected chi connectivity index (χ0v) is 10.5. The fraction of sp³-hybridized carbons (Fsp3) is 0.455. The predicted molar refractivity (Wildman–Crippen MR) is 64.1 cm³/mol. The topological polar surface area (TPSA) is 41.5 Å². The number of methoxy groups -OCH3 is 1. The van der Waals surface area contributed by atoms with Crippen molar-refractivity contribution in [2.24, 2.45) is 0 Å². The maximum absolute atomic E-state index is 9.11. The van der Waals surface area contributed by atoms with Crippen molar-refractivity contribution in [3.63, 3.8) is 0 Å². The molecule has 0 unspecified atom stereocenters. The van der Waals surface area contributed by atoms with E-state index in [2.05, 4.69) is 21.2 Å². The van der Waals surface area contributed by atoms with Crippen molar-refractivity contribution >= 4 is 15.9 Å². The Morgan fingerprint density at radius 3 is 2.87 bits per heavy atom. The maximum Gasteiger partial charge on any atom is 0.123 e. The summed E-state index contributed by atoms with van der Waals surface area (Å²) in [5.41, 5.74) is 1.08. The summed E-state index contributed by atoms with van der Waals surface area (Å²) in [5, 5.41) is 12.3. The molecule has 0 bridgehead atoms. The van der Waals surface area contributed by atoms with E-state index < -0.39 is 0 Å². The SMILES string of the molecule is COc1ccc(Br)cc1CNC[C@@H](C)O.